The topological polar surface area (TPSA) is 80.7 Å². The molecule has 4 aliphatic rings. The van der Waals surface area contributed by atoms with Gasteiger partial charge in [0, 0.05) is 30.1 Å². The van der Waals surface area contributed by atoms with Crippen LogP contribution in [0.15, 0.2) is 11.6 Å². The Morgan fingerprint density at radius 1 is 1.25 bits per heavy atom. The third-order valence-corrected chi connectivity index (χ3v) is 8.51. The summed E-state index contributed by atoms with van der Waals surface area (Å²) in [5, 5.41) is 11.3. The minimum absolute atomic E-state index is 0.0243. The van der Waals surface area contributed by atoms with E-state index in [1.54, 1.807) is 6.92 Å². The zero-order valence-corrected chi connectivity index (χ0v) is 17.0. The first kappa shape index (κ1) is 19.8. The number of aliphatic hydroxyl groups is 1. The van der Waals surface area contributed by atoms with Crippen LogP contribution in [0.1, 0.15) is 71.6 Å². The number of fused-ring (bicyclic) bond motifs is 5. The maximum absolute atomic E-state index is 12.6. The van der Waals surface area contributed by atoms with Crippen LogP contribution in [-0.2, 0) is 19.1 Å². The molecular formula is C23H32O5. The molecule has 0 aromatic heterocycles. The van der Waals surface area contributed by atoms with Gasteiger partial charge in [-0.1, -0.05) is 18.6 Å². The van der Waals surface area contributed by atoms with Gasteiger partial charge in [0.2, 0.25) is 0 Å². The highest BCUT2D eigenvalue weighted by Gasteiger charge is 2.61. The number of ether oxygens (including phenoxy) is 1. The van der Waals surface area contributed by atoms with Crippen LogP contribution in [0.5, 0.6) is 0 Å². The fourth-order valence-corrected chi connectivity index (χ4v) is 7.15. The molecule has 0 aromatic carbocycles. The Morgan fingerprint density at radius 2 is 2.04 bits per heavy atom. The number of carbonyl (C=O) groups is 3. The van der Waals surface area contributed by atoms with Gasteiger partial charge in [0.1, 0.15) is 11.6 Å². The van der Waals surface area contributed by atoms with Crippen molar-refractivity contribution in [3.8, 4) is 0 Å². The Kier molecular flexibility index (Phi) is 5.01. The van der Waals surface area contributed by atoms with Crippen molar-refractivity contribution in [1.82, 2.24) is 0 Å². The van der Waals surface area contributed by atoms with E-state index >= 15 is 0 Å². The van der Waals surface area contributed by atoms with Gasteiger partial charge < -0.3 is 9.84 Å². The van der Waals surface area contributed by atoms with Crippen molar-refractivity contribution in [3.63, 3.8) is 0 Å². The highest BCUT2D eigenvalue weighted by atomic mass is 16.5. The maximum Gasteiger partial charge on any atom is 0.308 e. The maximum atomic E-state index is 12.6. The second-order valence-corrected chi connectivity index (χ2v) is 9.54. The van der Waals surface area contributed by atoms with E-state index in [9.17, 15) is 19.5 Å². The van der Waals surface area contributed by atoms with Crippen molar-refractivity contribution < 1.29 is 24.2 Å². The number of esters is 1. The summed E-state index contributed by atoms with van der Waals surface area (Å²) >= 11 is 0. The number of hydrogen-bond acceptors (Lipinski definition) is 5. The molecule has 0 aliphatic heterocycles. The van der Waals surface area contributed by atoms with Crippen molar-refractivity contribution >= 4 is 17.5 Å². The predicted molar refractivity (Wildman–Crippen MR) is 103 cm³/mol. The largest absolute Gasteiger partial charge is 0.466 e. The first-order valence-corrected chi connectivity index (χ1v) is 10.9. The zero-order chi connectivity index (χ0) is 20.1. The minimum atomic E-state index is -0.833. The highest BCUT2D eigenvalue weighted by Crippen LogP contribution is 2.65. The third-order valence-electron chi connectivity index (χ3n) is 8.51. The fourth-order valence-electron chi connectivity index (χ4n) is 7.15. The van der Waals surface area contributed by atoms with Crippen LogP contribution in [0.3, 0.4) is 0 Å². The molecule has 1 N–H and O–H groups in total. The number of ketones is 2. The Bertz CT molecular complexity index is 725. The van der Waals surface area contributed by atoms with Gasteiger partial charge in [-0.2, -0.15) is 0 Å². The van der Waals surface area contributed by atoms with E-state index < -0.39 is 11.5 Å². The third kappa shape index (κ3) is 2.80. The van der Waals surface area contributed by atoms with Gasteiger partial charge in [0.15, 0.2) is 0 Å². The molecule has 154 valence electrons. The summed E-state index contributed by atoms with van der Waals surface area (Å²) < 4.78 is 5.11. The molecule has 4 rings (SSSR count). The SMILES string of the molecule is CCOC(=O)CC(O)[C@]12CCC(=O)CC1=CC[C@@H]1[C@@H]2CC[C@]2(C)C(=O)CC[C@@H]12. The number of hydrogen-bond donors (Lipinski definition) is 1. The van der Waals surface area contributed by atoms with Crippen LogP contribution in [0.2, 0.25) is 0 Å². The second kappa shape index (κ2) is 7.08. The summed E-state index contributed by atoms with van der Waals surface area (Å²) in [6.07, 6.45) is 6.99. The van der Waals surface area contributed by atoms with Crippen molar-refractivity contribution in [2.75, 3.05) is 6.61 Å². The van der Waals surface area contributed by atoms with Crippen molar-refractivity contribution in [2.45, 2.75) is 77.7 Å². The van der Waals surface area contributed by atoms with Gasteiger partial charge in [-0.15, -0.1) is 0 Å². The number of Topliss-reactive ketones (excluding diaryl/α,β-unsaturated/α-hetero) is 2. The molecule has 0 aromatic rings. The Labute approximate surface area is 166 Å². The lowest BCUT2D eigenvalue weighted by molar-refractivity contribution is -0.152. The molecule has 0 saturated heterocycles. The zero-order valence-electron chi connectivity index (χ0n) is 17.0. The summed E-state index contributed by atoms with van der Waals surface area (Å²) in [5.74, 6) is 1.17. The summed E-state index contributed by atoms with van der Waals surface area (Å²) in [7, 11) is 0. The van der Waals surface area contributed by atoms with Gasteiger partial charge in [-0.05, 0) is 56.8 Å². The lowest BCUT2D eigenvalue weighted by Gasteiger charge is -2.58. The molecule has 0 bridgehead atoms. The van der Waals surface area contributed by atoms with Crippen LogP contribution < -0.4 is 0 Å². The monoisotopic (exact) mass is 388 g/mol. The molecule has 0 heterocycles. The van der Waals surface area contributed by atoms with Crippen molar-refractivity contribution in [2.24, 2.45) is 28.6 Å². The number of rotatable bonds is 4. The van der Waals surface area contributed by atoms with Gasteiger partial charge in [-0.25, -0.2) is 0 Å². The summed E-state index contributed by atoms with van der Waals surface area (Å²) in [6, 6.07) is 0. The number of carbonyl (C=O) groups excluding carboxylic acids is 3. The van der Waals surface area contributed by atoms with Gasteiger partial charge in [-0.3, -0.25) is 14.4 Å². The average Bonchev–Trinajstić information content (AvgIpc) is 2.96. The average molecular weight is 389 g/mol. The molecule has 3 fully saturated rings. The molecule has 5 heteroatoms. The predicted octanol–water partition coefficient (Wildman–Crippen LogP) is 3.38. The second-order valence-electron chi connectivity index (χ2n) is 9.54. The smallest absolute Gasteiger partial charge is 0.308 e. The molecule has 28 heavy (non-hydrogen) atoms. The van der Waals surface area contributed by atoms with Gasteiger partial charge >= 0.3 is 5.97 Å². The van der Waals surface area contributed by atoms with Crippen molar-refractivity contribution in [3.05, 3.63) is 11.6 Å². The summed E-state index contributed by atoms with van der Waals surface area (Å²) in [6.45, 7) is 4.20. The van der Waals surface area contributed by atoms with Crippen LogP contribution in [0, 0.1) is 28.6 Å². The van der Waals surface area contributed by atoms with E-state index in [4.69, 9.17) is 4.74 Å². The Balaban J connectivity index is 1.70. The molecule has 3 saturated carbocycles. The van der Waals surface area contributed by atoms with Crippen LogP contribution in [-0.4, -0.2) is 35.4 Å². The van der Waals surface area contributed by atoms with E-state index in [2.05, 4.69) is 13.0 Å². The Hall–Kier alpha value is -1.49. The first-order valence-electron chi connectivity index (χ1n) is 10.9. The van der Waals surface area contributed by atoms with Gasteiger partial charge in [0.25, 0.3) is 0 Å². The lowest BCUT2D eigenvalue weighted by Crippen LogP contribution is -2.56. The standard InChI is InChI=1S/C23H32O5/c1-3-28-21(27)13-20(26)23-11-8-15(24)12-14(23)4-5-16-17-6-7-19(25)22(17,2)10-9-18(16)23/h4,16-18,20,26H,3,5-13H2,1-2H3/t16-,17-,18-,20?,22-,23+/m0/s1. The molecule has 6 atom stereocenters. The quantitative estimate of drug-likeness (QED) is 0.590. The van der Waals surface area contributed by atoms with Crippen molar-refractivity contribution in [1.29, 1.82) is 0 Å². The van der Waals surface area contributed by atoms with E-state index in [0.29, 0.717) is 49.9 Å². The van der Waals surface area contributed by atoms with Gasteiger partial charge in [0.05, 0.1) is 19.1 Å². The highest BCUT2D eigenvalue weighted by molar-refractivity contribution is 5.87. The molecule has 1 unspecified atom stereocenters. The fraction of sp³-hybridized carbons (Fsp3) is 0.783. The number of aliphatic hydroxyl groups excluding tert-OH is 1. The van der Waals surface area contributed by atoms with E-state index in [1.165, 1.54) is 0 Å². The van der Waals surface area contributed by atoms with Crippen LogP contribution in [0.25, 0.3) is 0 Å². The minimum Gasteiger partial charge on any atom is -0.466 e. The summed E-state index contributed by atoms with van der Waals surface area (Å²) in [5.41, 5.74) is 0.288. The molecule has 0 radical (unpaired) electrons. The molecular weight excluding hydrogens is 356 g/mol. The lowest BCUT2D eigenvalue weighted by atomic mass is 9.46. The summed E-state index contributed by atoms with van der Waals surface area (Å²) in [4.78, 5) is 36.9. The van der Waals surface area contributed by atoms with Crippen LogP contribution in [0.4, 0.5) is 0 Å². The first-order chi connectivity index (χ1) is 13.3. The molecule has 4 aliphatic carbocycles. The Morgan fingerprint density at radius 3 is 2.79 bits per heavy atom. The molecule has 0 spiro atoms. The molecule has 0 amide bonds. The van der Waals surface area contributed by atoms with Crippen LogP contribution >= 0.6 is 0 Å². The molecule has 5 nitrogen and oxygen atoms in total. The van der Waals surface area contributed by atoms with E-state index in [-0.39, 0.29) is 29.5 Å². The normalized spacial score (nSPS) is 40.8. The van der Waals surface area contributed by atoms with E-state index in [1.807, 2.05) is 0 Å². The van der Waals surface area contributed by atoms with E-state index in [0.717, 1.165) is 31.3 Å². The number of allylic oxidation sites excluding steroid dienone is 1.